The monoisotopic (exact) mass is 584 g/mol. The van der Waals surface area contributed by atoms with Gasteiger partial charge < -0.3 is 19.5 Å². The van der Waals surface area contributed by atoms with Gasteiger partial charge in [0.2, 0.25) is 0 Å². The van der Waals surface area contributed by atoms with Gasteiger partial charge in [0, 0.05) is 23.0 Å². The molecular weight excluding hydrogens is 559 g/mol. The van der Waals surface area contributed by atoms with Crippen molar-refractivity contribution in [2.75, 3.05) is 0 Å². The Kier molecular flexibility index (Phi) is 5.89. The van der Waals surface area contributed by atoms with E-state index in [2.05, 4.69) is 12.1 Å². The van der Waals surface area contributed by atoms with Gasteiger partial charge in [-0.3, -0.25) is 0 Å². The molecular formula is C29H26Cl2N2O5S. The molecule has 2 heterocycles. The first-order valence-electron chi connectivity index (χ1n) is 13.2. The van der Waals surface area contributed by atoms with E-state index in [1.54, 1.807) is 36.4 Å². The van der Waals surface area contributed by atoms with Crippen LogP contribution in [0.3, 0.4) is 0 Å². The number of fused-ring (bicyclic) bond motifs is 2. The number of nitrogens with zero attached hydrogens (tertiary/aromatic N) is 2. The van der Waals surface area contributed by atoms with Gasteiger partial charge in [-0.2, -0.15) is 0 Å². The zero-order chi connectivity index (χ0) is 27.1. The van der Waals surface area contributed by atoms with Gasteiger partial charge in [0.25, 0.3) is 0 Å². The number of aromatic nitrogens is 2. The Labute approximate surface area is 238 Å². The van der Waals surface area contributed by atoms with Crippen molar-refractivity contribution in [1.29, 1.82) is 0 Å². The molecule has 7 nitrogen and oxygen atoms in total. The molecule has 3 aliphatic rings. The third-order valence-electron chi connectivity index (χ3n) is 8.71. The molecule has 2 aromatic heterocycles. The Morgan fingerprint density at radius 3 is 2.67 bits per heavy atom. The summed E-state index contributed by atoms with van der Waals surface area (Å²) in [5, 5.41) is 27.6. The normalized spacial score (nSPS) is 27.7. The first-order chi connectivity index (χ1) is 18.7. The summed E-state index contributed by atoms with van der Waals surface area (Å²) in [5.41, 5.74) is 1.43. The van der Waals surface area contributed by atoms with E-state index in [4.69, 9.17) is 37.4 Å². The maximum absolute atomic E-state index is 12.2. The van der Waals surface area contributed by atoms with Crippen molar-refractivity contribution < 1.29 is 24.3 Å². The second-order valence-electron chi connectivity index (χ2n) is 11.0. The van der Waals surface area contributed by atoms with Crippen molar-refractivity contribution in [1.82, 2.24) is 10.1 Å². The molecule has 0 radical (unpaired) electrons. The quantitative estimate of drug-likeness (QED) is 0.222. The fourth-order valence-corrected chi connectivity index (χ4v) is 8.22. The highest BCUT2D eigenvalue weighted by molar-refractivity contribution is 7.18. The van der Waals surface area contributed by atoms with E-state index < -0.39 is 17.2 Å². The molecule has 2 N–H and O–H groups in total. The lowest BCUT2D eigenvalue weighted by molar-refractivity contribution is -0.0306. The lowest BCUT2D eigenvalue weighted by Gasteiger charge is -2.29. The molecule has 0 spiro atoms. The average molecular weight is 586 g/mol. The van der Waals surface area contributed by atoms with Crippen LogP contribution in [0.2, 0.25) is 10.0 Å². The number of ether oxygens (including phenoxy) is 1. The second kappa shape index (κ2) is 9.01. The predicted molar refractivity (Wildman–Crippen MR) is 148 cm³/mol. The summed E-state index contributed by atoms with van der Waals surface area (Å²) in [4.78, 5) is 16.2. The lowest BCUT2D eigenvalue weighted by Crippen LogP contribution is -2.33. The van der Waals surface area contributed by atoms with Gasteiger partial charge in [0.15, 0.2) is 0 Å². The first kappa shape index (κ1) is 25.5. The number of carboxylic acid groups (broad SMARTS) is 1. The molecule has 0 amide bonds. The summed E-state index contributed by atoms with van der Waals surface area (Å²) in [6.45, 7) is 2.36. The van der Waals surface area contributed by atoms with Crippen LogP contribution >= 0.6 is 34.5 Å². The molecule has 0 unspecified atom stereocenters. The smallest absolute Gasteiger partial charge is 0.335 e. The number of hydrogen-bond donors (Lipinski definition) is 2. The molecule has 39 heavy (non-hydrogen) atoms. The van der Waals surface area contributed by atoms with Crippen LogP contribution in [0.25, 0.3) is 21.5 Å². The maximum atomic E-state index is 12.2. The average Bonchev–Trinajstić information content (AvgIpc) is 3.77. The molecule has 4 aromatic rings. The van der Waals surface area contributed by atoms with Gasteiger partial charge in [-0.05, 0) is 61.9 Å². The first-order valence-corrected chi connectivity index (χ1v) is 14.8. The van der Waals surface area contributed by atoms with Crippen LogP contribution < -0.4 is 0 Å². The fraction of sp³-hybridized carbons (Fsp3) is 0.414. The zero-order valence-electron chi connectivity index (χ0n) is 21.1. The number of carboxylic acids is 1. The van der Waals surface area contributed by atoms with Crippen LogP contribution in [-0.4, -0.2) is 31.9 Å². The van der Waals surface area contributed by atoms with E-state index in [-0.39, 0.29) is 24.0 Å². The molecule has 0 bridgehead atoms. The van der Waals surface area contributed by atoms with E-state index in [9.17, 15) is 15.0 Å². The van der Waals surface area contributed by atoms with Crippen LogP contribution in [0.1, 0.15) is 71.6 Å². The number of carbonyl (C=O) groups is 1. The molecule has 3 saturated carbocycles. The van der Waals surface area contributed by atoms with Crippen LogP contribution in [0, 0.1) is 11.8 Å². The molecule has 7 rings (SSSR count). The highest BCUT2D eigenvalue weighted by atomic mass is 35.5. The zero-order valence-corrected chi connectivity index (χ0v) is 23.4. The minimum Gasteiger partial charge on any atom is -0.478 e. The molecule has 2 aromatic carbocycles. The summed E-state index contributed by atoms with van der Waals surface area (Å²) in [6.07, 6.45) is 4.31. The Balaban J connectivity index is 1.20. The number of thiazole rings is 1. The number of rotatable bonds is 8. The van der Waals surface area contributed by atoms with Crippen LogP contribution in [0.4, 0.5) is 0 Å². The second-order valence-corrected chi connectivity index (χ2v) is 12.8. The van der Waals surface area contributed by atoms with Crippen molar-refractivity contribution in [3.8, 4) is 11.3 Å². The van der Waals surface area contributed by atoms with E-state index in [1.165, 1.54) is 11.3 Å². The van der Waals surface area contributed by atoms with Gasteiger partial charge in [-0.25, -0.2) is 9.78 Å². The van der Waals surface area contributed by atoms with E-state index in [0.717, 1.165) is 41.7 Å². The van der Waals surface area contributed by atoms with Crippen LogP contribution in [0.5, 0.6) is 0 Å². The van der Waals surface area contributed by atoms with Crippen LogP contribution in [-0.2, 0) is 16.9 Å². The summed E-state index contributed by atoms with van der Waals surface area (Å²) in [7, 11) is 0. The summed E-state index contributed by atoms with van der Waals surface area (Å²) < 4.78 is 13.3. The van der Waals surface area contributed by atoms with E-state index in [0.29, 0.717) is 44.2 Å². The van der Waals surface area contributed by atoms with E-state index >= 15 is 0 Å². The van der Waals surface area contributed by atoms with Gasteiger partial charge in [0.05, 0.1) is 38.0 Å². The maximum Gasteiger partial charge on any atom is 0.335 e. The fourth-order valence-electron chi connectivity index (χ4n) is 6.42. The third kappa shape index (κ3) is 3.95. The number of aliphatic hydroxyl groups is 1. The highest BCUT2D eigenvalue weighted by Crippen LogP contribution is 2.70. The third-order valence-corrected chi connectivity index (χ3v) is 10.5. The molecule has 0 saturated heterocycles. The van der Waals surface area contributed by atoms with Gasteiger partial charge in [0.1, 0.15) is 22.1 Å². The predicted octanol–water partition coefficient (Wildman–Crippen LogP) is 7.43. The molecule has 0 aliphatic heterocycles. The minimum atomic E-state index is -1.13. The SMILES string of the molecule is CC[C@@H]1C[C@]2(OCc3c(-c4c(Cl)cccc4Cl)noc3C3CC3)C[C@H]2[C@]1(O)c1nc2ccc(C(=O)O)cc2s1. The summed E-state index contributed by atoms with van der Waals surface area (Å²) in [6, 6.07) is 10.3. The Hall–Kier alpha value is -2.49. The molecule has 10 heteroatoms. The Morgan fingerprint density at radius 2 is 1.97 bits per heavy atom. The highest BCUT2D eigenvalue weighted by Gasteiger charge is 2.74. The Bertz CT molecular complexity index is 1610. The number of hydrogen-bond acceptors (Lipinski definition) is 7. The Morgan fingerprint density at radius 1 is 1.21 bits per heavy atom. The lowest BCUT2D eigenvalue weighted by atomic mass is 9.85. The standard InChI is InChI=1S/C29H26Cl2N2O5S/c1-2-16-11-28(12-22(28)29(16,36)27-32-20-9-8-15(26(34)35)10-21(20)39-27)37-13-17-24(33-38-25(17)14-6-7-14)23-18(30)4-3-5-19(23)31/h3-5,8-10,14,16,22,36H,2,6-7,11-13H2,1H3,(H,34,35)/t16-,22-,28+,29+/m1/s1. The van der Waals surface area contributed by atoms with Crippen LogP contribution in [0.15, 0.2) is 40.9 Å². The van der Waals surface area contributed by atoms with Gasteiger partial charge in [-0.15, -0.1) is 11.3 Å². The molecule has 202 valence electrons. The van der Waals surface area contributed by atoms with E-state index in [1.807, 2.05) is 0 Å². The summed E-state index contributed by atoms with van der Waals surface area (Å²) in [5.74, 6) is 0.0325. The topological polar surface area (TPSA) is 106 Å². The molecule has 4 atom stereocenters. The number of halogens is 2. The number of aromatic carboxylic acids is 1. The largest absolute Gasteiger partial charge is 0.478 e. The molecule has 3 aliphatic carbocycles. The van der Waals surface area contributed by atoms with Crippen molar-refractivity contribution in [2.24, 2.45) is 11.8 Å². The van der Waals surface area contributed by atoms with Gasteiger partial charge >= 0.3 is 5.97 Å². The number of benzene rings is 2. The van der Waals surface area contributed by atoms with Crippen molar-refractivity contribution in [3.05, 3.63) is 68.3 Å². The molecule has 3 fully saturated rings. The van der Waals surface area contributed by atoms with Gasteiger partial charge in [-0.1, -0.05) is 47.8 Å². The summed E-state index contributed by atoms with van der Waals surface area (Å²) >= 11 is 14.4. The van der Waals surface area contributed by atoms with Crippen molar-refractivity contribution in [3.63, 3.8) is 0 Å². The minimum absolute atomic E-state index is 0.0291. The van der Waals surface area contributed by atoms with Crippen molar-refractivity contribution in [2.45, 2.75) is 62.8 Å². The van der Waals surface area contributed by atoms with Crippen molar-refractivity contribution >= 4 is 50.7 Å².